The van der Waals surface area contributed by atoms with Crippen LogP contribution in [-0.2, 0) is 14.8 Å². The first-order valence-electron chi connectivity index (χ1n) is 8.36. The lowest BCUT2D eigenvalue weighted by Gasteiger charge is -2.33. The lowest BCUT2D eigenvalue weighted by molar-refractivity contribution is -0.121. The van der Waals surface area contributed by atoms with Crippen molar-refractivity contribution >= 4 is 38.2 Å². The zero-order chi connectivity index (χ0) is 18.3. The van der Waals surface area contributed by atoms with Gasteiger partial charge in [-0.1, -0.05) is 12.1 Å². The van der Waals surface area contributed by atoms with Gasteiger partial charge in [-0.3, -0.25) is 4.79 Å². The van der Waals surface area contributed by atoms with Crippen LogP contribution in [0.15, 0.2) is 38.9 Å². The van der Waals surface area contributed by atoms with Crippen molar-refractivity contribution in [1.82, 2.24) is 9.88 Å². The van der Waals surface area contributed by atoms with Crippen molar-refractivity contribution in [2.45, 2.75) is 24.7 Å². The molecule has 3 heterocycles. The van der Waals surface area contributed by atoms with E-state index in [2.05, 4.69) is 14.7 Å². The maximum absolute atomic E-state index is 12.6. The summed E-state index contributed by atoms with van der Waals surface area (Å²) in [4.78, 5) is 19.0. The Bertz CT molecular complexity index is 997. The quantitative estimate of drug-likeness (QED) is 0.849. The van der Waals surface area contributed by atoms with Crippen LogP contribution in [0.25, 0.3) is 0 Å². The monoisotopic (exact) mass is 390 g/mol. The Morgan fingerprint density at radius 2 is 2.15 bits per heavy atom. The maximum Gasteiger partial charge on any atom is 0.285 e. The Morgan fingerprint density at radius 1 is 1.35 bits per heavy atom. The van der Waals surface area contributed by atoms with Gasteiger partial charge < -0.3 is 10.2 Å². The average Bonchev–Trinajstić information content (AvgIpc) is 3.16. The summed E-state index contributed by atoms with van der Waals surface area (Å²) >= 11 is 1.40. The molecule has 9 heteroatoms. The van der Waals surface area contributed by atoms with Crippen molar-refractivity contribution in [2.24, 2.45) is 10.3 Å². The second kappa shape index (κ2) is 6.48. The molecule has 2 aromatic rings. The lowest BCUT2D eigenvalue weighted by Crippen LogP contribution is -2.43. The molecule has 4 rings (SSSR count). The summed E-state index contributed by atoms with van der Waals surface area (Å²) < 4.78 is 28.5. The van der Waals surface area contributed by atoms with Gasteiger partial charge in [0.25, 0.3) is 10.0 Å². The molecule has 136 valence electrons. The third-order valence-corrected chi connectivity index (χ3v) is 6.75. The van der Waals surface area contributed by atoms with Crippen molar-refractivity contribution in [3.05, 3.63) is 40.9 Å². The fourth-order valence-corrected chi connectivity index (χ4v) is 5.24. The van der Waals surface area contributed by atoms with Gasteiger partial charge in [0.05, 0.1) is 11.6 Å². The first-order valence-corrected chi connectivity index (χ1v) is 10.7. The van der Waals surface area contributed by atoms with Crippen LogP contribution in [-0.4, -0.2) is 43.1 Å². The maximum atomic E-state index is 12.6. The highest BCUT2D eigenvalue weighted by Gasteiger charge is 2.35. The molecule has 1 saturated heterocycles. The zero-order valence-corrected chi connectivity index (χ0v) is 15.8. The summed E-state index contributed by atoms with van der Waals surface area (Å²) in [5.41, 5.74) is 1.49. The van der Waals surface area contributed by atoms with Crippen LogP contribution in [0.2, 0.25) is 0 Å². The number of piperidine rings is 1. The Kier molecular flexibility index (Phi) is 4.28. The smallest absolute Gasteiger partial charge is 0.285 e. The first kappa shape index (κ1) is 17.2. The molecule has 0 bridgehead atoms. The molecule has 1 unspecified atom stereocenters. The number of amidine groups is 1. The summed E-state index contributed by atoms with van der Waals surface area (Å²) in [6.45, 7) is 3.01. The number of nitrogens with one attached hydrogen (secondary N) is 1. The third kappa shape index (κ3) is 3.12. The molecule has 0 aliphatic carbocycles. The number of fused-ring (bicyclic) bond motifs is 1. The zero-order valence-electron chi connectivity index (χ0n) is 14.2. The molecule has 1 aromatic heterocycles. The number of hydrogen-bond acceptors (Lipinski definition) is 6. The molecule has 2 aliphatic rings. The second-order valence-electron chi connectivity index (χ2n) is 6.45. The second-order valence-corrected chi connectivity index (χ2v) is 8.89. The van der Waals surface area contributed by atoms with Crippen LogP contribution in [0.4, 0.5) is 5.13 Å². The topological polar surface area (TPSA) is 91.7 Å². The van der Waals surface area contributed by atoms with Gasteiger partial charge in [0, 0.05) is 24.0 Å². The molecular weight excluding hydrogens is 372 g/mol. The summed E-state index contributed by atoms with van der Waals surface area (Å²) in [5, 5.41) is 5.34. The van der Waals surface area contributed by atoms with Crippen LogP contribution < -0.4 is 5.32 Å². The van der Waals surface area contributed by atoms with Gasteiger partial charge in [-0.05, 0) is 31.9 Å². The van der Waals surface area contributed by atoms with Gasteiger partial charge in [0.1, 0.15) is 4.90 Å². The van der Waals surface area contributed by atoms with Crippen molar-refractivity contribution in [3.63, 3.8) is 0 Å². The molecule has 0 saturated carbocycles. The molecule has 1 atom stereocenters. The minimum atomic E-state index is -3.65. The van der Waals surface area contributed by atoms with E-state index in [1.54, 1.807) is 24.3 Å². The molecule has 1 aromatic carbocycles. The van der Waals surface area contributed by atoms with E-state index in [1.807, 2.05) is 17.2 Å². The van der Waals surface area contributed by atoms with Crippen LogP contribution in [0, 0.1) is 12.8 Å². The number of aromatic nitrogens is 1. The largest absolute Gasteiger partial charge is 0.355 e. The Hall–Kier alpha value is -2.26. The first-order chi connectivity index (χ1) is 12.4. The standard InChI is InChI=1S/C17H18N4O3S2/c1-11-10-25-17(18-11)19-16(22)12-5-4-8-21(9-12)15-13-6-2-3-7-14(13)26(23,24)20-15/h2-3,6-7,10,12H,4-5,8-9H2,1H3,(H,18,19,22). The number of hydrogen-bond donors (Lipinski definition) is 1. The van der Waals surface area contributed by atoms with Crippen molar-refractivity contribution in [2.75, 3.05) is 18.4 Å². The number of aryl methyl sites for hydroxylation is 1. The van der Waals surface area contributed by atoms with Crippen LogP contribution >= 0.6 is 11.3 Å². The molecule has 1 amide bonds. The summed E-state index contributed by atoms with van der Waals surface area (Å²) in [6.07, 6.45) is 1.56. The van der Waals surface area contributed by atoms with Crippen molar-refractivity contribution in [3.8, 4) is 0 Å². The fraction of sp³-hybridized carbons (Fsp3) is 0.353. The third-order valence-electron chi connectivity index (χ3n) is 4.55. The lowest BCUT2D eigenvalue weighted by atomic mass is 9.96. The predicted octanol–water partition coefficient (Wildman–Crippen LogP) is 2.25. The van der Waals surface area contributed by atoms with E-state index in [4.69, 9.17) is 0 Å². The number of sulfonamides is 1. The number of likely N-dealkylation sites (tertiary alicyclic amines) is 1. The molecule has 7 nitrogen and oxygen atoms in total. The van der Waals surface area contributed by atoms with Crippen molar-refractivity contribution in [1.29, 1.82) is 0 Å². The van der Waals surface area contributed by atoms with Crippen LogP contribution in [0.3, 0.4) is 0 Å². The van der Waals surface area contributed by atoms with E-state index in [9.17, 15) is 13.2 Å². The number of rotatable bonds is 2. The Balaban J connectivity index is 1.53. The van der Waals surface area contributed by atoms with E-state index in [0.717, 1.165) is 18.5 Å². The number of benzene rings is 1. The predicted molar refractivity (Wildman–Crippen MR) is 99.9 cm³/mol. The molecule has 1 N–H and O–H groups in total. The molecular formula is C17H18N4O3S2. The number of thiazole rings is 1. The van der Waals surface area contributed by atoms with Crippen molar-refractivity contribution < 1.29 is 13.2 Å². The highest BCUT2D eigenvalue weighted by atomic mass is 32.2. The van der Waals surface area contributed by atoms with Gasteiger partial charge in [-0.2, -0.15) is 8.42 Å². The highest BCUT2D eigenvalue weighted by Crippen LogP contribution is 2.30. The molecule has 1 fully saturated rings. The summed E-state index contributed by atoms with van der Waals surface area (Å²) in [5.74, 6) is 0.133. The van der Waals surface area contributed by atoms with E-state index >= 15 is 0 Å². The van der Waals surface area contributed by atoms with E-state index < -0.39 is 10.0 Å². The number of amides is 1. The summed E-state index contributed by atoms with van der Waals surface area (Å²) in [6, 6.07) is 6.83. The SMILES string of the molecule is Cc1csc(NC(=O)C2CCCN(C3=NS(=O)(=O)c4ccccc43)C2)n1. The minimum Gasteiger partial charge on any atom is -0.355 e. The van der Waals surface area contributed by atoms with Gasteiger partial charge in [0.2, 0.25) is 5.91 Å². The molecule has 0 spiro atoms. The number of anilines is 1. The van der Waals surface area contributed by atoms with E-state index in [1.165, 1.54) is 11.3 Å². The molecule has 2 aliphatic heterocycles. The van der Waals surface area contributed by atoms with Crippen LogP contribution in [0.1, 0.15) is 24.1 Å². The average molecular weight is 390 g/mol. The van der Waals surface area contributed by atoms with Gasteiger partial charge in [-0.15, -0.1) is 15.7 Å². The Morgan fingerprint density at radius 3 is 2.92 bits per heavy atom. The number of carbonyl (C=O) groups is 1. The number of carbonyl (C=O) groups excluding carboxylic acids is 1. The van der Waals surface area contributed by atoms with Gasteiger partial charge in [-0.25, -0.2) is 4.98 Å². The molecule has 26 heavy (non-hydrogen) atoms. The Labute approximate surface area is 155 Å². The highest BCUT2D eigenvalue weighted by molar-refractivity contribution is 7.90. The van der Waals surface area contributed by atoms with Gasteiger partial charge >= 0.3 is 0 Å². The number of nitrogens with zero attached hydrogens (tertiary/aromatic N) is 3. The van der Waals surface area contributed by atoms with Crippen LogP contribution in [0.5, 0.6) is 0 Å². The van der Waals surface area contributed by atoms with E-state index in [0.29, 0.717) is 29.6 Å². The minimum absolute atomic E-state index is 0.0845. The van der Waals surface area contributed by atoms with Gasteiger partial charge in [0.15, 0.2) is 11.0 Å². The van der Waals surface area contributed by atoms with E-state index in [-0.39, 0.29) is 16.7 Å². The molecule has 0 radical (unpaired) electrons. The fourth-order valence-electron chi connectivity index (χ4n) is 3.32. The summed E-state index contributed by atoms with van der Waals surface area (Å²) in [7, 11) is -3.65. The normalized spacial score (nSPS) is 21.2.